The second kappa shape index (κ2) is 8.31. The Bertz CT molecular complexity index is 629. The molecular formula is C21H28O5. The van der Waals surface area contributed by atoms with Crippen LogP contribution in [0.2, 0.25) is 0 Å². The standard InChI is InChI=1S/C21H28O5/c22-17(13-18(23)14-20(24)25)8-10-21-11-9-19(26-21)12-16(21)7-6-15-4-2-1-3-5-15/h1-5,16,18-19,23H,6-14H2,(H,24,25)/t16-,18?,19-,21-/m1/s1. The van der Waals surface area contributed by atoms with Crippen molar-refractivity contribution < 1.29 is 24.5 Å². The maximum atomic E-state index is 12.1. The van der Waals surface area contributed by atoms with Gasteiger partial charge < -0.3 is 14.9 Å². The van der Waals surface area contributed by atoms with Crippen molar-refractivity contribution in [2.45, 2.75) is 75.6 Å². The SMILES string of the molecule is O=C(O)CC(O)CC(=O)CC[C@@]12CC[C@H](C[C@H]1CCc1ccccc1)O2. The van der Waals surface area contributed by atoms with Gasteiger partial charge in [-0.15, -0.1) is 0 Å². The number of aliphatic hydroxyl groups is 1. The average Bonchev–Trinajstić information content (AvgIpc) is 3.17. The summed E-state index contributed by atoms with van der Waals surface area (Å²) in [5.74, 6) is -0.685. The van der Waals surface area contributed by atoms with Crippen molar-refractivity contribution in [1.82, 2.24) is 0 Å². The van der Waals surface area contributed by atoms with Crippen LogP contribution in [-0.4, -0.2) is 39.8 Å². The number of fused-ring (bicyclic) bond motifs is 2. The van der Waals surface area contributed by atoms with Crippen molar-refractivity contribution in [3.8, 4) is 0 Å². The average molecular weight is 360 g/mol. The lowest BCUT2D eigenvalue weighted by Crippen LogP contribution is -2.35. The van der Waals surface area contributed by atoms with Crippen LogP contribution in [0.4, 0.5) is 0 Å². The molecule has 2 bridgehead atoms. The van der Waals surface area contributed by atoms with Crippen LogP contribution in [-0.2, 0) is 20.7 Å². The van der Waals surface area contributed by atoms with Crippen molar-refractivity contribution >= 4 is 11.8 Å². The summed E-state index contributed by atoms with van der Waals surface area (Å²) in [7, 11) is 0. The highest BCUT2D eigenvalue weighted by atomic mass is 16.5. The van der Waals surface area contributed by atoms with Gasteiger partial charge in [0.15, 0.2) is 0 Å². The molecule has 1 aromatic carbocycles. The van der Waals surface area contributed by atoms with Crippen molar-refractivity contribution in [1.29, 1.82) is 0 Å². The molecule has 26 heavy (non-hydrogen) atoms. The minimum atomic E-state index is -1.09. The Morgan fingerprint density at radius 1 is 1.23 bits per heavy atom. The predicted octanol–water partition coefficient (Wildman–Crippen LogP) is 3.13. The largest absolute Gasteiger partial charge is 0.481 e. The van der Waals surface area contributed by atoms with E-state index in [0.29, 0.717) is 24.9 Å². The molecule has 5 heteroatoms. The molecule has 0 saturated carbocycles. The van der Waals surface area contributed by atoms with Crippen LogP contribution in [0.5, 0.6) is 0 Å². The fraction of sp³-hybridized carbons (Fsp3) is 0.619. The number of carbonyl (C=O) groups excluding carboxylic acids is 1. The zero-order chi connectivity index (χ0) is 18.6. The van der Waals surface area contributed by atoms with Gasteiger partial charge in [-0.05, 0) is 50.0 Å². The number of Topliss-reactive ketones (excluding diaryl/α,β-unsaturated/α-hetero) is 1. The number of carboxylic acids is 1. The molecule has 2 heterocycles. The summed E-state index contributed by atoms with van der Waals surface area (Å²) >= 11 is 0. The van der Waals surface area contributed by atoms with Crippen molar-refractivity contribution in [3.63, 3.8) is 0 Å². The second-order valence-electron chi connectivity index (χ2n) is 7.79. The van der Waals surface area contributed by atoms with Gasteiger partial charge in [0.25, 0.3) is 0 Å². The fourth-order valence-electron chi connectivity index (χ4n) is 4.60. The summed E-state index contributed by atoms with van der Waals surface area (Å²) in [5.41, 5.74) is 1.13. The Morgan fingerprint density at radius 3 is 2.69 bits per heavy atom. The minimum absolute atomic E-state index is 0.0751. The number of carboxylic acid groups (broad SMARTS) is 1. The van der Waals surface area contributed by atoms with E-state index in [1.165, 1.54) is 5.56 Å². The molecule has 0 aromatic heterocycles. The molecule has 2 N–H and O–H groups in total. The number of aliphatic carboxylic acids is 1. The minimum Gasteiger partial charge on any atom is -0.481 e. The maximum Gasteiger partial charge on any atom is 0.305 e. The van der Waals surface area contributed by atoms with Crippen LogP contribution in [0.15, 0.2) is 30.3 Å². The number of hydrogen-bond acceptors (Lipinski definition) is 4. The molecule has 3 rings (SSSR count). The highest BCUT2D eigenvalue weighted by Gasteiger charge is 2.52. The Kier molecular flexibility index (Phi) is 6.09. The van der Waals surface area contributed by atoms with E-state index in [4.69, 9.17) is 9.84 Å². The van der Waals surface area contributed by atoms with Gasteiger partial charge in [-0.1, -0.05) is 30.3 Å². The Morgan fingerprint density at radius 2 is 2.00 bits per heavy atom. The van der Waals surface area contributed by atoms with E-state index in [1.807, 2.05) is 6.07 Å². The number of rotatable bonds is 10. The molecule has 1 aromatic rings. The summed E-state index contributed by atoms with van der Waals surface area (Å²) < 4.78 is 6.27. The molecule has 142 valence electrons. The number of ether oxygens (including phenoxy) is 1. The zero-order valence-electron chi connectivity index (χ0n) is 15.1. The highest BCUT2D eigenvalue weighted by molar-refractivity contribution is 5.79. The fourth-order valence-corrected chi connectivity index (χ4v) is 4.60. The molecule has 2 aliphatic rings. The number of carbonyl (C=O) groups is 2. The molecule has 0 spiro atoms. The van der Waals surface area contributed by atoms with E-state index in [1.54, 1.807) is 0 Å². The zero-order valence-corrected chi connectivity index (χ0v) is 15.1. The third kappa shape index (κ3) is 4.71. The molecule has 0 amide bonds. The Labute approximate surface area is 154 Å². The molecule has 2 aliphatic heterocycles. The number of benzene rings is 1. The van der Waals surface area contributed by atoms with E-state index in [2.05, 4.69) is 24.3 Å². The van der Waals surface area contributed by atoms with Gasteiger partial charge in [-0.25, -0.2) is 0 Å². The maximum absolute atomic E-state index is 12.1. The highest BCUT2D eigenvalue weighted by Crippen LogP contribution is 2.51. The van der Waals surface area contributed by atoms with Gasteiger partial charge >= 0.3 is 5.97 Å². The smallest absolute Gasteiger partial charge is 0.305 e. The number of aryl methyl sites for hydroxylation is 1. The van der Waals surface area contributed by atoms with Gasteiger partial charge in [-0.2, -0.15) is 0 Å². The van der Waals surface area contributed by atoms with E-state index in [0.717, 1.165) is 32.1 Å². The van der Waals surface area contributed by atoms with Gasteiger partial charge in [0.1, 0.15) is 5.78 Å². The lowest BCUT2D eigenvalue weighted by molar-refractivity contribution is -0.139. The van der Waals surface area contributed by atoms with Crippen molar-refractivity contribution in [2.24, 2.45) is 5.92 Å². The number of aliphatic hydroxyl groups excluding tert-OH is 1. The molecule has 0 aliphatic carbocycles. The molecule has 2 fully saturated rings. The molecule has 4 atom stereocenters. The lowest BCUT2D eigenvalue weighted by Gasteiger charge is -2.33. The first-order valence-corrected chi connectivity index (χ1v) is 9.60. The van der Waals surface area contributed by atoms with Crippen molar-refractivity contribution in [2.75, 3.05) is 0 Å². The van der Waals surface area contributed by atoms with Crippen molar-refractivity contribution in [3.05, 3.63) is 35.9 Å². The second-order valence-corrected chi connectivity index (χ2v) is 7.79. The third-order valence-electron chi connectivity index (χ3n) is 5.91. The van der Waals surface area contributed by atoms with Gasteiger partial charge in [0, 0.05) is 12.8 Å². The first-order valence-electron chi connectivity index (χ1n) is 9.60. The van der Waals surface area contributed by atoms with Crippen LogP contribution in [0, 0.1) is 5.92 Å². The van der Waals surface area contributed by atoms with Gasteiger partial charge in [0.05, 0.1) is 24.2 Å². The van der Waals surface area contributed by atoms with Crippen LogP contribution in [0.1, 0.15) is 56.9 Å². The van der Waals surface area contributed by atoms with Gasteiger partial charge in [-0.3, -0.25) is 9.59 Å². The monoisotopic (exact) mass is 360 g/mol. The first kappa shape index (κ1) is 19.1. The Hall–Kier alpha value is -1.72. The number of ketones is 1. The number of hydrogen-bond donors (Lipinski definition) is 2. The Balaban J connectivity index is 1.51. The van der Waals surface area contributed by atoms with E-state index >= 15 is 0 Å². The normalized spacial score (nSPS) is 28.2. The summed E-state index contributed by atoms with van der Waals surface area (Å²) in [6, 6.07) is 10.4. The molecule has 1 unspecified atom stereocenters. The molecule has 0 radical (unpaired) electrons. The summed E-state index contributed by atoms with van der Waals surface area (Å²) in [6.45, 7) is 0. The van der Waals surface area contributed by atoms with E-state index in [9.17, 15) is 14.7 Å². The topological polar surface area (TPSA) is 83.8 Å². The molecule has 5 nitrogen and oxygen atoms in total. The lowest BCUT2D eigenvalue weighted by atomic mass is 9.73. The summed E-state index contributed by atoms with van der Waals surface area (Å²) in [4.78, 5) is 22.7. The summed E-state index contributed by atoms with van der Waals surface area (Å²) in [5, 5.41) is 18.3. The molecular weight excluding hydrogens is 332 g/mol. The third-order valence-corrected chi connectivity index (χ3v) is 5.91. The predicted molar refractivity (Wildman–Crippen MR) is 96.8 cm³/mol. The first-order chi connectivity index (χ1) is 12.5. The van der Waals surface area contributed by atoms with Crippen LogP contribution >= 0.6 is 0 Å². The van der Waals surface area contributed by atoms with Crippen LogP contribution in [0.3, 0.4) is 0 Å². The van der Waals surface area contributed by atoms with E-state index < -0.39 is 12.1 Å². The van der Waals surface area contributed by atoms with Gasteiger partial charge in [0.2, 0.25) is 0 Å². The van der Waals surface area contributed by atoms with E-state index in [-0.39, 0.29) is 24.2 Å². The van der Waals surface area contributed by atoms with Crippen LogP contribution < -0.4 is 0 Å². The molecule has 2 saturated heterocycles. The summed E-state index contributed by atoms with van der Waals surface area (Å²) in [6.07, 6.45) is 5.03. The quantitative estimate of drug-likeness (QED) is 0.670. The van der Waals surface area contributed by atoms with Crippen LogP contribution in [0.25, 0.3) is 0 Å².